The summed E-state index contributed by atoms with van der Waals surface area (Å²) in [6, 6.07) is 8.52. The molecular formula is C20H23ClN4O5. The Bertz CT molecular complexity index is 982. The van der Waals surface area contributed by atoms with Crippen LogP contribution in [0, 0.1) is 17.0 Å². The van der Waals surface area contributed by atoms with Crippen LogP contribution < -0.4 is 15.8 Å². The van der Waals surface area contributed by atoms with Crippen LogP contribution in [0.4, 0.5) is 17.1 Å². The minimum Gasteiger partial charge on any atom is -0.495 e. The molecule has 2 aromatic carbocycles. The third-order valence-corrected chi connectivity index (χ3v) is 4.95. The number of nitro benzene ring substituents is 1. The summed E-state index contributed by atoms with van der Waals surface area (Å²) < 4.78 is 5.10. The molecule has 3 N–H and O–H groups in total. The topological polar surface area (TPSA) is 128 Å². The number of hydrogen-bond acceptors (Lipinski definition) is 6. The van der Waals surface area contributed by atoms with E-state index < -0.39 is 11.0 Å². The maximum absolute atomic E-state index is 12.9. The van der Waals surface area contributed by atoms with E-state index in [1.807, 2.05) is 0 Å². The Kier molecular flexibility index (Phi) is 7.23. The molecule has 30 heavy (non-hydrogen) atoms. The lowest BCUT2D eigenvalue weighted by Crippen LogP contribution is -2.43. The number of rotatable bonds is 5. The second-order valence-corrected chi connectivity index (χ2v) is 6.86. The average molecular weight is 435 g/mol. The number of benzene rings is 2. The van der Waals surface area contributed by atoms with E-state index in [4.69, 9.17) is 10.5 Å². The minimum absolute atomic E-state index is 0. The van der Waals surface area contributed by atoms with Gasteiger partial charge in [0.2, 0.25) is 5.91 Å². The quantitative estimate of drug-likeness (QED) is 0.422. The first-order chi connectivity index (χ1) is 13.8. The fourth-order valence-corrected chi connectivity index (χ4v) is 3.48. The summed E-state index contributed by atoms with van der Waals surface area (Å²) in [4.78, 5) is 37.7. The van der Waals surface area contributed by atoms with E-state index in [2.05, 4.69) is 5.32 Å². The highest BCUT2D eigenvalue weighted by atomic mass is 35.5. The molecule has 10 heteroatoms. The number of likely N-dealkylation sites (tertiary alicyclic amines) is 1. The first-order valence-corrected chi connectivity index (χ1v) is 9.12. The smallest absolute Gasteiger partial charge is 0.272 e. The van der Waals surface area contributed by atoms with Gasteiger partial charge in [0.15, 0.2) is 0 Å². The minimum atomic E-state index is -0.624. The number of carbonyl (C=O) groups is 2. The first kappa shape index (κ1) is 23.0. The first-order valence-electron chi connectivity index (χ1n) is 9.12. The summed E-state index contributed by atoms with van der Waals surface area (Å²) in [7, 11) is 1.51. The number of nitrogen functional groups attached to an aromatic ring is 1. The van der Waals surface area contributed by atoms with Crippen LogP contribution in [0.2, 0.25) is 0 Å². The molecule has 0 radical (unpaired) electrons. The van der Waals surface area contributed by atoms with Crippen molar-refractivity contribution in [3.63, 3.8) is 0 Å². The number of nitrogens with two attached hydrogens (primary N) is 1. The van der Waals surface area contributed by atoms with E-state index in [-0.39, 0.29) is 29.9 Å². The molecule has 0 bridgehead atoms. The number of aryl methyl sites for hydroxylation is 1. The summed E-state index contributed by atoms with van der Waals surface area (Å²) in [6.45, 7) is 2.02. The van der Waals surface area contributed by atoms with Crippen molar-refractivity contribution in [3.05, 3.63) is 57.6 Å². The number of methoxy groups -OCH3 is 1. The van der Waals surface area contributed by atoms with Gasteiger partial charge >= 0.3 is 0 Å². The zero-order valence-electron chi connectivity index (χ0n) is 16.6. The second-order valence-electron chi connectivity index (χ2n) is 6.86. The Hall–Kier alpha value is -3.33. The van der Waals surface area contributed by atoms with Gasteiger partial charge in [0, 0.05) is 29.4 Å². The third-order valence-electron chi connectivity index (χ3n) is 4.95. The van der Waals surface area contributed by atoms with Gasteiger partial charge in [-0.2, -0.15) is 0 Å². The van der Waals surface area contributed by atoms with E-state index in [1.165, 1.54) is 30.2 Å². The van der Waals surface area contributed by atoms with E-state index in [9.17, 15) is 19.7 Å². The zero-order valence-corrected chi connectivity index (χ0v) is 17.4. The Labute approximate surface area is 179 Å². The fraction of sp³-hybridized carbons (Fsp3) is 0.300. The van der Waals surface area contributed by atoms with Gasteiger partial charge in [0.1, 0.15) is 11.8 Å². The normalized spacial score (nSPS) is 15.3. The van der Waals surface area contributed by atoms with Crippen molar-refractivity contribution in [3.8, 4) is 5.75 Å². The Morgan fingerprint density at radius 1 is 1.27 bits per heavy atom. The molecule has 1 heterocycles. The summed E-state index contributed by atoms with van der Waals surface area (Å²) in [6.07, 6.45) is 1.23. The van der Waals surface area contributed by atoms with Crippen LogP contribution >= 0.6 is 12.4 Å². The predicted molar refractivity (Wildman–Crippen MR) is 115 cm³/mol. The van der Waals surface area contributed by atoms with Crippen LogP contribution in [0.1, 0.15) is 28.8 Å². The summed E-state index contributed by atoms with van der Waals surface area (Å²) in [5.74, 6) is -0.122. The molecule has 0 spiro atoms. The van der Waals surface area contributed by atoms with Crippen LogP contribution in [0.3, 0.4) is 0 Å². The number of ether oxygens (including phenoxy) is 1. The van der Waals surface area contributed by atoms with Crippen molar-refractivity contribution in [1.29, 1.82) is 0 Å². The highest BCUT2D eigenvalue weighted by molar-refractivity contribution is 6.02. The van der Waals surface area contributed by atoms with Crippen LogP contribution in [-0.2, 0) is 4.79 Å². The molecule has 1 fully saturated rings. The number of halogens is 1. The van der Waals surface area contributed by atoms with Crippen molar-refractivity contribution in [2.75, 3.05) is 24.7 Å². The average Bonchev–Trinajstić information content (AvgIpc) is 3.17. The van der Waals surface area contributed by atoms with Crippen LogP contribution in [0.25, 0.3) is 0 Å². The maximum atomic E-state index is 12.9. The van der Waals surface area contributed by atoms with Gasteiger partial charge in [-0.25, -0.2) is 0 Å². The van der Waals surface area contributed by atoms with E-state index in [0.717, 1.165) is 0 Å². The van der Waals surface area contributed by atoms with Crippen LogP contribution in [0.15, 0.2) is 36.4 Å². The Balaban J connectivity index is 0.00000320. The van der Waals surface area contributed by atoms with E-state index in [1.54, 1.807) is 25.1 Å². The molecule has 1 saturated heterocycles. The molecule has 1 atom stereocenters. The molecule has 0 saturated carbocycles. The number of anilines is 2. The van der Waals surface area contributed by atoms with Crippen molar-refractivity contribution in [2.24, 2.45) is 0 Å². The molecular weight excluding hydrogens is 412 g/mol. The number of amides is 2. The molecule has 0 aromatic heterocycles. The number of nitro groups is 1. The molecule has 3 rings (SSSR count). The molecule has 0 aliphatic carbocycles. The number of hydrogen-bond donors (Lipinski definition) is 2. The van der Waals surface area contributed by atoms with Gasteiger partial charge in [-0.15, -0.1) is 12.4 Å². The summed E-state index contributed by atoms with van der Waals surface area (Å²) in [5, 5.41) is 13.8. The largest absolute Gasteiger partial charge is 0.495 e. The van der Waals surface area contributed by atoms with Crippen molar-refractivity contribution in [1.82, 2.24) is 4.90 Å². The molecule has 160 valence electrons. The highest BCUT2D eigenvalue weighted by Crippen LogP contribution is 2.27. The summed E-state index contributed by atoms with van der Waals surface area (Å²) in [5.41, 5.74) is 7.45. The maximum Gasteiger partial charge on any atom is 0.272 e. The third kappa shape index (κ3) is 4.62. The SMILES string of the molecule is COc1ccc(NC(=O)C2CCCN2C(=O)c2ccc([N+](=O)[O-])c(C)c2)cc1N.Cl. The van der Waals surface area contributed by atoms with Gasteiger partial charge in [-0.3, -0.25) is 19.7 Å². The molecule has 9 nitrogen and oxygen atoms in total. The highest BCUT2D eigenvalue weighted by Gasteiger charge is 2.35. The van der Waals surface area contributed by atoms with Gasteiger partial charge in [-0.05, 0) is 50.1 Å². The van der Waals surface area contributed by atoms with Gasteiger partial charge in [-0.1, -0.05) is 0 Å². The standard InChI is InChI=1S/C20H22N4O5.ClH/c1-12-10-13(5-7-16(12)24(27)28)20(26)23-9-3-4-17(23)19(25)22-14-6-8-18(29-2)15(21)11-14;/h5-8,10-11,17H,3-4,9,21H2,1-2H3,(H,22,25);1H. The lowest BCUT2D eigenvalue weighted by Gasteiger charge is -2.24. The molecule has 1 aliphatic rings. The Morgan fingerprint density at radius 2 is 2.00 bits per heavy atom. The fourth-order valence-electron chi connectivity index (χ4n) is 3.48. The Morgan fingerprint density at radius 3 is 2.60 bits per heavy atom. The molecule has 2 aromatic rings. The predicted octanol–water partition coefficient (Wildman–Crippen LogP) is 3.16. The monoisotopic (exact) mass is 434 g/mol. The lowest BCUT2D eigenvalue weighted by atomic mass is 10.1. The molecule has 1 unspecified atom stereocenters. The number of nitrogens with one attached hydrogen (secondary N) is 1. The second kappa shape index (κ2) is 9.45. The molecule has 1 aliphatic heterocycles. The molecule has 2 amide bonds. The zero-order chi connectivity index (χ0) is 21.1. The van der Waals surface area contributed by atoms with Gasteiger partial charge in [0.05, 0.1) is 17.7 Å². The van der Waals surface area contributed by atoms with Crippen molar-refractivity contribution < 1.29 is 19.2 Å². The number of nitrogens with zero attached hydrogens (tertiary/aromatic N) is 2. The lowest BCUT2D eigenvalue weighted by molar-refractivity contribution is -0.385. The van der Waals surface area contributed by atoms with Crippen LogP contribution in [-0.4, -0.2) is 41.3 Å². The van der Waals surface area contributed by atoms with Crippen LogP contribution in [0.5, 0.6) is 5.75 Å². The van der Waals surface area contributed by atoms with E-state index >= 15 is 0 Å². The van der Waals surface area contributed by atoms with E-state index in [0.29, 0.717) is 47.6 Å². The van der Waals surface area contributed by atoms with Crippen molar-refractivity contribution >= 4 is 41.3 Å². The van der Waals surface area contributed by atoms with Crippen molar-refractivity contribution in [2.45, 2.75) is 25.8 Å². The summed E-state index contributed by atoms with van der Waals surface area (Å²) >= 11 is 0. The van der Waals surface area contributed by atoms with Gasteiger partial charge in [0.25, 0.3) is 11.6 Å². The van der Waals surface area contributed by atoms with Gasteiger partial charge < -0.3 is 20.7 Å². The number of carbonyl (C=O) groups excluding carboxylic acids is 2.